The summed E-state index contributed by atoms with van der Waals surface area (Å²) in [5.41, 5.74) is 1.06. The van der Waals surface area contributed by atoms with E-state index in [1.165, 1.54) is 12.1 Å². The van der Waals surface area contributed by atoms with Gasteiger partial charge in [0.2, 0.25) is 0 Å². The summed E-state index contributed by atoms with van der Waals surface area (Å²) < 4.78 is 43.1. The van der Waals surface area contributed by atoms with Gasteiger partial charge in [-0.2, -0.15) is 0 Å². The lowest BCUT2D eigenvalue weighted by atomic mass is 9.99. The van der Waals surface area contributed by atoms with E-state index in [4.69, 9.17) is 4.74 Å². The molecule has 3 rings (SSSR count). The van der Waals surface area contributed by atoms with Crippen LogP contribution in [0.5, 0.6) is 5.75 Å². The molecule has 1 heterocycles. The molecule has 25 heavy (non-hydrogen) atoms. The monoisotopic (exact) mass is 363 g/mol. The van der Waals surface area contributed by atoms with Gasteiger partial charge in [-0.15, -0.1) is 0 Å². The Morgan fingerprint density at radius 3 is 2.40 bits per heavy atom. The lowest BCUT2D eigenvalue weighted by Gasteiger charge is -2.22. The van der Waals surface area contributed by atoms with Crippen molar-refractivity contribution >= 4 is 9.84 Å². The molecule has 4 nitrogen and oxygen atoms in total. The van der Waals surface area contributed by atoms with Gasteiger partial charge in [-0.1, -0.05) is 18.2 Å². The van der Waals surface area contributed by atoms with Crippen LogP contribution in [0.15, 0.2) is 47.4 Å². The molecule has 1 fully saturated rings. The fourth-order valence-corrected chi connectivity index (χ4v) is 3.59. The van der Waals surface area contributed by atoms with Gasteiger partial charge in [-0.25, -0.2) is 12.8 Å². The lowest BCUT2D eigenvalue weighted by molar-refractivity contribution is 0.215. The van der Waals surface area contributed by atoms with Crippen molar-refractivity contribution in [3.63, 3.8) is 0 Å². The normalized spacial score (nSPS) is 15.9. The second kappa shape index (κ2) is 7.54. The molecule has 6 heteroatoms. The Balaban J connectivity index is 1.69. The molecule has 0 bridgehead atoms. The average molecular weight is 363 g/mol. The zero-order valence-electron chi connectivity index (χ0n) is 14.2. The summed E-state index contributed by atoms with van der Waals surface area (Å²) in [6, 6.07) is 11.2. The molecule has 0 aliphatic carbocycles. The highest BCUT2D eigenvalue weighted by atomic mass is 32.2. The van der Waals surface area contributed by atoms with Crippen LogP contribution in [0.1, 0.15) is 12.8 Å². The van der Waals surface area contributed by atoms with Gasteiger partial charge in [-0.3, -0.25) is 0 Å². The topological polar surface area (TPSA) is 55.4 Å². The van der Waals surface area contributed by atoms with Crippen LogP contribution >= 0.6 is 0 Å². The van der Waals surface area contributed by atoms with E-state index in [2.05, 4.69) is 5.32 Å². The first kappa shape index (κ1) is 17.9. The Morgan fingerprint density at radius 1 is 1.12 bits per heavy atom. The van der Waals surface area contributed by atoms with Crippen molar-refractivity contribution in [1.29, 1.82) is 0 Å². The smallest absolute Gasteiger partial charge is 0.175 e. The minimum absolute atomic E-state index is 0.0179. The molecule has 1 aliphatic heterocycles. The van der Waals surface area contributed by atoms with Crippen LogP contribution in [0, 0.1) is 11.7 Å². The van der Waals surface area contributed by atoms with Crippen LogP contribution in [0.3, 0.4) is 0 Å². The Morgan fingerprint density at radius 2 is 1.80 bits per heavy atom. The van der Waals surface area contributed by atoms with Crippen molar-refractivity contribution in [3.05, 3.63) is 48.3 Å². The predicted octanol–water partition coefficient (Wildman–Crippen LogP) is 3.27. The van der Waals surface area contributed by atoms with Crippen molar-refractivity contribution in [1.82, 2.24) is 5.32 Å². The fourth-order valence-electron chi connectivity index (χ4n) is 2.95. The molecule has 2 aromatic rings. The molecule has 1 N–H and O–H groups in total. The van der Waals surface area contributed by atoms with Gasteiger partial charge >= 0.3 is 0 Å². The molecule has 1 saturated heterocycles. The van der Waals surface area contributed by atoms with E-state index in [1.807, 2.05) is 12.1 Å². The SMILES string of the molecule is CS(=O)(=O)c1ccc(-c2ccc(OCC3CCNCC3)cc2)c(F)c1. The second-order valence-electron chi connectivity index (χ2n) is 6.44. The molecule has 134 valence electrons. The summed E-state index contributed by atoms with van der Waals surface area (Å²) in [7, 11) is -3.41. The van der Waals surface area contributed by atoms with Crippen LogP contribution < -0.4 is 10.1 Å². The molecule has 0 amide bonds. The summed E-state index contributed by atoms with van der Waals surface area (Å²) in [5, 5.41) is 3.33. The Hall–Kier alpha value is -1.92. The van der Waals surface area contributed by atoms with Crippen LogP contribution in [-0.2, 0) is 9.84 Å². The van der Waals surface area contributed by atoms with Crippen LogP contribution in [0.2, 0.25) is 0 Å². The molecule has 0 saturated carbocycles. The van der Waals surface area contributed by atoms with E-state index >= 15 is 0 Å². The largest absolute Gasteiger partial charge is 0.493 e. The molecular weight excluding hydrogens is 341 g/mol. The highest BCUT2D eigenvalue weighted by Gasteiger charge is 2.14. The molecule has 2 aromatic carbocycles. The molecule has 0 spiro atoms. The van der Waals surface area contributed by atoms with Gasteiger partial charge in [-0.05, 0) is 61.7 Å². The molecule has 0 aromatic heterocycles. The Bertz CT molecular complexity index is 828. The fraction of sp³-hybridized carbons (Fsp3) is 0.368. The summed E-state index contributed by atoms with van der Waals surface area (Å²) in [4.78, 5) is -0.0179. The van der Waals surface area contributed by atoms with Gasteiger partial charge in [0, 0.05) is 11.8 Å². The lowest BCUT2D eigenvalue weighted by Crippen LogP contribution is -2.30. The maximum absolute atomic E-state index is 14.3. The first-order chi connectivity index (χ1) is 11.9. The molecule has 0 atom stereocenters. The van der Waals surface area contributed by atoms with E-state index in [1.54, 1.807) is 12.1 Å². The van der Waals surface area contributed by atoms with Gasteiger partial charge in [0.05, 0.1) is 11.5 Å². The molecular formula is C19H22FNO3S. The van der Waals surface area contributed by atoms with Crippen molar-refractivity contribution in [3.8, 4) is 16.9 Å². The van der Waals surface area contributed by atoms with E-state index in [9.17, 15) is 12.8 Å². The quantitative estimate of drug-likeness (QED) is 0.886. The summed E-state index contributed by atoms with van der Waals surface area (Å²) in [5.74, 6) is 0.781. The van der Waals surface area contributed by atoms with Crippen molar-refractivity contribution in [2.75, 3.05) is 26.0 Å². The van der Waals surface area contributed by atoms with Gasteiger partial charge in [0.15, 0.2) is 9.84 Å². The number of nitrogens with one attached hydrogen (secondary N) is 1. The number of halogens is 1. The Labute approximate surface area is 147 Å². The van der Waals surface area contributed by atoms with E-state index in [-0.39, 0.29) is 4.90 Å². The average Bonchev–Trinajstić information content (AvgIpc) is 2.60. The zero-order valence-corrected chi connectivity index (χ0v) is 15.0. The second-order valence-corrected chi connectivity index (χ2v) is 8.46. The number of hydrogen-bond donors (Lipinski definition) is 1. The van der Waals surface area contributed by atoms with Crippen LogP contribution in [0.25, 0.3) is 11.1 Å². The Kier molecular flexibility index (Phi) is 5.39. The standard InChI is InChI=1S/C19H22FNO3S/c1-25(22,23)17-6-7-18(19(20)12-17)15-2-4-16(5-3-15)24-13-14-8-10-21-11-9-14/h2-7,12,14,21H,8-11,13H2,1H3. The minimum Gasteiger partial charge on any atom is -0.493 e. The summed E-state index contributed by atoms with van der Waals surface area (Å²) in [6.07, 6.45) is 3.31. The third-order valence-electron chi connectivity index (χ3n) is 4.48. The minimum atomic E-state index is -3.41. The third-order valence-corrected chi connectivity index (χ3v) is 5.59. The molecule has 0 radical (unpaired) electrons. The summed E-state index contributed by atoms with van der Waals surface area (Å²) in [6.45, 7) is 2.77. The number of hydrogen-bond acceptors (Lipinski definition) is 4. The predicted molar refractivity (Wildman–Crippen MR) is 96.0 cm³/mol. The zero-order chi connectivity index (χ0) is 17.9. The number of ether oxygens (including phenoxy) is 1. The van der Waals surface area contributed by atoms with E-state index in [0.29, 0.717) is 23.7 Å². The maximum atomic E-state index is 14.3. The van der Waals surface area contributed by atoms with Crippen LogP contribution in [0.4, 0.5) is 4.39 Å². The van der Waals surface area contributed by atoms with Crippen LogP contribution in [-0.4, -0.2) is 34.4 Å². The first-order valence-electron chi connectivity index (χ1n) is 8.37. The molecule has 1 aliphatic rings. The summed E-state index contributed by atoms with van der Waals surface area (Å²) >= 11 is 0. The number of benzene rings is 2. The van der Waals surface area contributed by atoms with Gasteiger partial charge < -0.3 is 10.1 Å². The highest BCUT2D eigenvalue weighted by molar-refractivity contribution is 7.90. The highest BCUT2D eigenvalue weighted by Crippen LogP contribution is 2.27. The molecule has 0 unspecified atom stereocenters. The van der Waals surface area contributed by atoms with Gasteiger partial charge in [0.1, 0.15) is 11.6 Å². The first-order valence-corrected chi connectivity index (χ1v) is 10.3. The maximum Gasteiger partial charge on any atom is 0.175 e. The van der Waals surface area contributed by atoms with E-state index in [0.717, 1.165) is 44.0 Å². The number of sulfone groups is 1. The van der Waals surface area contributed by atoms with Crippen molar-refractivity contribution in [2.24, 2.45) is 5.92 Å². The number of rotatable bonds is 5. The third kappa shape index (κ3) is 4.58. The van der Waals surface area contributed by atoms with Crippen molar-refractivity contribution < 1.29 is 17.5 Å². The van der Waals surface area contributed by atoms with Crippen molar-refractivity contribution in [2.45, 2.75) is 17.7 Å². The van der Waals surface area contributed by atoms with E-state index < -0.39 is 15.7 Å². The van der Waals surface area contributed by atoms with Gasteiger partial charge in [0.25, 0.3) is 0 Å². The number of piperidine rings is 1.